The number of hydrogen-bond acceptors (Lipinski definition) is 6. The summed E-state index contributed by atoms with van der Waals surface area (Å²) in [5.41, 5.74) is 4.09. The highest BCUT2D eigenvalue weighted by molar-refractivity contribution is 7.91. The Morgan fingerprint density at radius 3 is 3.03 bits per heavy atom. The zero-order chi connectivity index (χ0) is 22.7. The van der Waals surface area contributed by atoms with Crippen LogP contribution in [0.2, 0.25) is 0 Å². The van der Waals surface area contributed by atoms with Crippen molar-refractivity contribution in [1.82, 2.24) is 9.78 Å². The third-order valence-corrected chi connectivity index (χ3v) is 7.93. The van der Waals surface area contributed by atoms with Crippen molar-refractivity contribution in [3.8, 4) is 5.88 Å². The minimum absolute atomic E-state index is 0.0738. The second kappa shape index (κ2) is 7.55. The highest BCUT2D eigenvalue weighted by Gasteiger charge is 2.35. The minimum Gasteiger partial charge on any atom is -0.474 e. The summed E-state index contributed by atoms with van der Waals surface area (Å²) in [6, 6.07) is 1.26. The number of rotatable bonds is 3. The average molecular weight is 462 g/mol. The molecule has 0 fully saturated rings. The molecule has 3 aliphatic rings. The van der Waals surface area contributed by atoms with E-state index in [0.717, 1.165) is 41.5 Å². The predicted octanol–water partition coefficient (Wildman–Crippen LogP) is 2.08. The Labute approximate surface area is 186 Å². The van der Waals surface area contributed by atoms with Gasteiger partial charge in [0.05, 0.1) is 18.8 Å². The third kappa shape index (κ3) is 3.49. The van der Waals surface area contributed by atoms with Crippen molar-refractivity contribution in [2.45, 2.75) is 62.2 Å². The lowest BCUT2D eigenvalue weighted by atomic mass is 9.98. The molecule has 1 aliphatic heterocycles. The van der Waals surface area contributed by atoms with Gasteiger partial charge in [-0.25, -0.2) is 18.8 Å². The van der Waals surface area contributed by atoms with Crippen molar-refractivity contribution in [3.05, 3.63) is 34.5 Å². The first-order chi connectivity index (χ1) is 15.2. The van der Waals surface area contributed by atoms with Crippen molar-refractivity contribution >= 4 is 21.6 Å². The van der Waals surface area contributed by atoms with Crippen molar-refractivity contribution in [2.24, 2.45) is 9.50 Å². The number of carbonyl (C=O) groups excluding carboxylic acids is 1. The molecule has 2 aromatic rings. The van der Waals surface area contributed by atoms with Gasteiger partial charge in [0, 0.05) is 12.8 Å². The van der Waals surface area contributed by atoms with Crippen molar-refractivity contribution < 1.29 is 23.6 Å². The topological polar surface area (TPSA) is 141 Å². The minimum atomic E-state index is -3.60. The first-order valence-corrected chi connectivity index (χ1v) is 12.2. The van der Waals surface area contributed by atoms with Gasteiger partial charge in [-0.1, -0.05) is 6.07 Å². The number of benzene rings is 1. The van der Waals surface area contributed by atoms with E-state index < -0.39 is 27.7 Å². The van der Waals surface area contributed by atoms with Gasteiger partial charge in [-0.15, -0.1) is 4.36 Å². The van der Waals surface area contributed by atoms with E-state index in [-0.39, 0.29) is 17.4 Å². The van der Waals surface area contributed by atoms with E-state index in [9.17, 15) is 14.1 Å². The second-order valence-electron chi connectivity index (χ2n) is 8.87. The smallest absolute Gasteiger partial charge is 0.354 e. The Morgan fingerprint density at radius 2 is 2.25 bits per heavy atom. The monoisotopic (exact) mass is 461 g/mol. The molecule has 3 unspecified atom stereocenters. The molecule has 2 amide bonds. The number of amides is 2. The number of hydrogen-bond donors (Lipinski definition) is 3. The fourth-order valence-electron chi connectivity index (χ4n) is 4.79. The lowest BCUT2D eigenvalue weighted by Gasteiger charge is -2.32. The van der Waals surface area contributed by atoms with Crippen LogP contribution in [0, 0.1) is 0 Å². The zero-order valence-electron chi connectivity index (χ0n) is 18.1. The molecule has 1 aromatic heterocycles. The number of aromatic nitrogens is 2. The van der Waals surface area contributed by atoms with E-state index in [0.29, 0.717) is 25.1 Å². The molecule has 1 aromatic carbocycles. The summed E-state index contributed by atoms with van der Waals surface area (Å²) in [6.45, 7) is 2.50. The molecule has 0 saturated carbocycles. The molecule has 2 aliphatic carbocycles. The summed E-state index contributed by atoms with van der Waals surface area (Å²) in [5.74, 6) is 0.230. The van der Waals surface area contributed by atoms with E-state index in [4.69, 9.17) is 14.6 Å². The van der Waals surface area contributed by atoms with E-state index in [1.807, 2.05) is 6.92 Å². The van der Waals surface area contributed by atoms with Crippen LogP contribution in [0.25, 0.3) is 0 Å². The van der Waals surface area contributed by atoms with Crippen LogP contribution in [0.5, 0.6) is 5.88 Å². The summed E-state index contributed by atoms with van der Waals surface area (Å²) in [6.07, 6.45) is 4.81. The average Bonchev–Trinajstić information content (AvgIpc) is 3.46. The summed E-state index contributed by atoms with van der Waals surface area (Å²) < 4.78 is 29.7. The number of methoxy groups -OCH3 is 1. The van der Waals surface area contributed by atoms with Gasteiger partial charge in [0.15, 0.2) is 9.92 Å². The largest absolute Gasteiger partial charge is 0.474 e. The van der Waals surface area contributed by atoms with Gasteiger partial charge in [0.25, 0.3) is 0 Å². The Hall–Kier alpha value is -2.47. The van der Waals surface area contributed by atoms with Gasteiger partial charge < -0.3 is 19.9 Å². The summed E-state index contributed by atoms with van der Waals surface area (Å²) >= 11 is 0. The number of carbonyl (C=O) groups is 1. The molecular weight excluding hydrogens is 434 g/mol. The van der Waals surface area contributed by atoms with Crippen LogP contribution in [0.3, 0.4) is 0 Å². The van der Waals surface area contributed by atoms with Gasteiger partial charge in [-0.05, 0) is 61.3 Å². The van der Waals surface area contributed by atoms with E-state index >= 15 is 0 Å². The Balaban J connectivity index is 1.46. The molecule has 0 spiro atoms. The van der Waals surface area contributed by atoms with Crippen LogP contribution in [0.15, 0.2) is 21.5 Å². The Kier molecular flexibility index (Phi) is 5.04. The molecule has 3 atom stereocenters. The molecule has 4 N–H and O–H groups in total. The quantitative estimate of drug-likeness (QED) is 0.639. The van der Waals surface area contributed by atoms with Crippen LogP contribution in [0.4, 0.5) is 10.5 Å². The van der Waals surface area contributed by atoms with Gasteiger partial charge in [-0.3, -0.25) is 0 Å². The number of aliphatic hydroxyl groups is 1. The summed E-state index contributed by atoms with van der Waals surface area (Å²) in [4.78, 5) is 12.9. The lowest BCUT2D eigenvalue weighted by Crippen LogP contribution is -2.43. The number of nitrogens with zero attached hydrogens (tertiary/aromatic N) is 3. The van der Waals surface area contributed by atoms with Crippen LogP contribution >= 0.6 is 0 Å². The molecule has 32 heavy (non-hydrogen) atoms. The molecule has 5 rings (SSSR count). The fourth-order valence-corrected chi connectivity index (χ4v) is 5.80. The third-order valence-electron chi connectivity index (χ3n) is 6.59. The van der Waals surface area contributed by atoms with Crippen molar-refractivity contribution in [3.63, 3.8) is 0 Å². The van der Waals surface area contributed by atoms with Gasteiger partial charge >= 0.3 is 6.03 Å². The second-order valence-corrected chi connectivity index (χ2v) is 10.6. The maximum atomic E-state index is 13.2. The number of fused-ring (bicyclic) bond motifs is 3. The number of nitrogens with two attached hydrogens (primary N) is 1. The Morgan fingerprint density at radius 1 is 1.44 bits per heavy atom. The molecule has 172 valence electrons. The molecule has 0 bridgehead atoms. The number of aryl methyl sites for hydroxylation is 1. The van der Waals surface area contributed by atoms with E-state index in [1.165, 1.54) is 10.9 Å². The number of anilines is 1. The molecule has 2 heterocycles. The molecule has 10 nitrogen and oxygen atoms in total. The molecule has 0 radical (unpaired) electrons. The predicted molar refractivity (Wildman–Crippen MR) is 117 cm³/mol. The fraction of sp³-hybridized carbons (Fsp3) is 0.524. The number of aliphatic hydroxyl groups excluding tert-OH is 1. The molecule has 0 saturated heterocycles. The van der Waals surface area contributed by atoms with Crippen LogP contribution in [-0.4, -0.2) is 44.4 Å². The zero-order valence-corrected chi connectivity index (χ0v) is 18.9. The number of urea groups is 1. The van der Waals surface area contributed by atoms with Crippen molar-refractivity contribution in [1.29, 1.82) is 0 Å². The van der Waals surface area contributed by atoms with Crippen LogP contribution in [-0.2, 0) is 40.5 Å². The van der Waals surface area contributed by atoms with Crippen LogP contribution < -0.4 is 15.2 Å². The summed E-state index contributed by atoms with van der Waals surface area (Å²) in [7, 11) is -2.01. The standard InChI is InChI=1S/C21H27N5O5S/c1-21(30-2)10-26-19(31-11-21)17(9-23-26)32(22,29)25-20(28)24-18-13-5-3-4-12(13)8-15-14(18)6-7-16(15)27/h8-9,16,27H,3-7,10-11H2,1-2H3,(H3,22,24,25,28,29). The van der Waals surface area contributed by atoms with Crippen LogP contribution in [0.1, 0.15) is 48.1 Å². The molecule has 11 heteroatoms. The Bertz CT molecular complexity index is 1230. The molecular formula is C21H27N5O5S. The lowest BCUT2D eigenvalue weighted by molar-refractivity contribution is -0.0654. The van der Waals surface area contributed by atoms with Crippen molar-refractivity contribution in [2.75, 3.05) is 19.0 Å². The van der Waals surface area contributed by atoms with Gasteiger partial charge in [0.2, 0.25) is 5.88 Å². The van der Waals surface area contributed by atoms with Gasteiger partial charge in [-0.2, -0.15) is 5.10 Å². The SMILES string of the molecule is COC1(C)COc2c(S(N)(=O)=NC(=O)Nc3c4c(cc5c3CCC5O)CCC4)cnn2C1. The highest BCUT2D eigenvalue weighted by atomic mass is 32.2. The van der Waals surface area contributed by atoms with Gasteiger partial charge in [0.1, 0.15) is 17.1 Å². The first kappa shape index (κ1) is 21.4. The summed E-state index contributed by atoms with van der Waals surface area (Å²) in [5, 5.41) is 23.3. The maximum Gasteiger partial charge on any atom is 0.354 e. The first-order valence-electron chi connectivity index (χ1n) is 10.7. The van der Waals surface area contributed by atoms with E-state index in [2.05, 4.69) is 20.8 Å². The number of nitrogens with one attached hydrogen (secondary N) is 1. The highest BCUT2D eigenvalue weighted by Crippen LogP contribution is 2.42. The number of ether oxygens (including phenoxy) is 2. The maximum absolute atomic E-state index is 13.2. The normalized spacial score (nSPS) is 25.3. The van der Waals surface area contributed by atoms with E-state index in [1.54, 1.807) is 7.11 Å².